The van der Waals surface area contributed by atoms with Crippen LogP contribution in [0.2, 0.25) is 10.0 Å². The van der Waals surface area contributed by atoms with Gasteiger partial charge in [0.25, 0.3) is 0 Å². The van der Waals surface area contributed by atoms with Crippen LogP contribution in [0.1, 0.15) is 32.3 Å². The van der Waals surface area contributed by atoms with Gasteiger partial charge in [0.2, 0.25) is 0 Å². The van der Waals surface area contributed by atoms with E-state index in [1.165, 1.54) is 0 Å². The molecule has 5 atom stereocenters. The van der Waals surface area contributed by atoms with Crippen LogP contribution in [0.3, 0.4) is 0 Å². The average Bonchev–Trinajstić information content (AvgIpc) is 2.68. The highest BCUT2D eigenvalue weighted by Crippen LogP contribution is 2.37. The first kappa shape index (κ1) is 16.3. The van der Waals surface area contributed by atoms with Gasteiger partial charge in [-0.3, -0.25) is 4.79 Å². The van der Waals surface area contributed by atoms with Gasteiger partial charge in [0.15, 0.2) is 5.78 Å². The Morgan fingerprint density at radius 1 is 1.24 bits per heavy atom. The minimum atomic E-state index is -0.844. The van der Waals surface area contributed by atoms with Crippen molar-refractivity contribution >= 4 is 29.0 Å². The van der Waals surface area contributed by atoms with E-state index in [-0.39, 0.29) is 29.8 Å². The van der Waals surface area contributed by atoms with E-state index >= 15 is 0 Å². The van der Waals surface area contributed by atoms with Gasteiger partial charge in [0, 0.05) is 0 Å². The summed E-state index contributed by atoms with van der Waals surface area (Å²) in [4.78, 5) is 12.8. The smallest absolute Gasteiger partial charge is 0.160 e. The topological polar surface area (TPSA) is 50.1 Å². The Morgan fingerprint density at radius 2 is 1.90 bits per heavy atom. The molecule has 1 aliphatic rings. The van der Waals surface area contributed by atoms with Gasteiger partial charge in [0.1, 0.15) is 5.92 Å². The number of carbonyl (C=O) groups excluding carboxylic acids is 1. The maximum absolute atomic E-state index is 12.8. The number of ketones is 1. The van der Waals surface area contributed by atoms with Crippen molar-refractivity contribution in [2.45, 2.75) is 38.9 Å². The van der Waals surface area contributed by atoms with Gasteiger partial charge < -0.3 is 4.74 Å². The number of hydrogen-bond acceptors (Lipinski definition) is 3. The normalized spacial score (nSPS) is 29.9. The average molecular weight is 326 g/mol. The third-order valence-corrected chi connectivity index (χ3v) is 5.00. The van der Waals surface area contributed by atoms with Crippen molar-refractivity contribution in [1.82, 2.24) is 0 Å². The van der Waals surface area contributed by atoms with E-state index in [9.17, 15) is 10.1 Å². The van der Waals surface area contributed by atoms with E-state index in [0.29, 0.717) is 15.6 Å². The molecular weight excluding hydrogens is 309 g/mol. The third kappa shape index (κ3) is 3.08. The maximum Gasteiger partial charge on any atom is 0.160 e. The minimum Gasteiger partial charge on any atom is -0.375 e. The zero-order valence-corrected chi connectivity index (χ0v) is 13.7. The lowest BCUT2D eigenvalue weighted by Crippen LogP contribution is -2.30. The molecule has 3 nitrogen and oxygen atoms in total. The van der Waals surface area contributed by atoms with E-state index in [1.807, 2.05) is 20.8 Å². The Kier molecular flexibility index (Phi) is 4.93. The Hall–Kier alpha value is -1.08. The van der Waals surface area contributed by atoms with Crippen molar-refractivity contribution in [3.8, 4) is 6.07 Å². The number of nitriles is 1. The highest BCUT2D eigenvalue weighted by Gasteiger charge is 2.44. The number of benzene rings is 1. The number of Topliss-reactive ketones (excluding diaryl/α,β-unsaturated/α-hetero) is 1. The molecule has 21 heavy (non-hydrogen) atoms. The molecule has 0 saturated carbocycles. The zero-order chi connectivity index (χ0) is 15.7. The molecule has 0 spiro atoms. The van der Waals surface area contributed by atoms with Crippen molar-refractivity contribution in [2.75, 3.05) is 0 Å². The van der Waals surface area contributed by atoms with Gasteiger partial charge in [-0.15, -0.1) is 0 Å². The van der Waals surface area contributed by atoms with Crippen LogP contribution >= 0.6 is 23.2 Å². The SMILES string of the molecule is CC1OC(C)C(C(=O)C(C#N)c2ccc(Cl)c(Cl)c2)C1C. The number of nitrogens with zero attached hydrogens (tertiary/aromatic N) is 1. The van der Waals surface area contributed by atoms with Crippen LogP contribution in [0.25, 0.3) is 0 Å². The standard InChI is InChI=1S/C16H17Cl2NO2/c1-8-9(2)21-10(3)15(8)16(20)12(7-19)11-4-5-13(17)14(18)6-11/h4-6,8-10,12,15H,1-3H3. The summed E-state index contributed by atoms with van der Waals surface area (Å²) < 4.78 is 5.70. The van der Waals surface area contributed by atoms with Gasteiger partial charge in [-0.25, -0.2) is 0 Å². The Labute approximate surface area is 134 Å². The monoisotopic (exact) mass is 325 g/mol. The maximum atomic E-state index is 12.8. The predicted octanol–water partition coefficient (Wildman–Crippen LogP) is 4.23. The summed E-state index contributed by atoms with van der Waals surface area (Å²) in [5.41, 5.74) is 0.579. The number of hydrogen-bond donors (Lipinski definition) is 0. The van der Waals surface area contributed by atoms with Crippen LogP contribution in [0.4, 0.5) is 0 Å². The molecule has 5 unspecified atom stereocenters. The summed E-state index contributed by atoms with van der Waals surface area (Å²) in [5.74, 6) is -1.14. The molecule has 0 aliphatic carbocycles. The predicted molar refractivity (Wildman–Crippen MR) is 82.5 cm³/mol. The molecule has 1 aliphatic heterocycles. The van der Waals surface area contributed by atoms with Crippen LogP contribution < -0.4 is 0 Å². The summed E-state index contributed by atoms with van der Waals surface area (Å²) in [6.45, 7) is 5.82. The van der Waals surface area contributed by atoms with E-state index < -0.39 is 5.92 Å². The lowest BCUT2D eigenvalue weighted by Gasteiger charge is -2.20. The first-order valence-electron chi connectivity index (χ1n) is 6.90. The second-order valence-electron chi connectivity index (χ2n) is 5.57. The molecule has 1 aromatic carbocycles. The van der Waals surface area contributed by atoms with Crippen LogP contribution in [0.15, 0.2) is 18.2 Å². The second-order valence-corrected chi connectivity index (χ2v) is 6.38. The minimum absolute atomic E-state index is 0.0158. The van der Waals surface area contributed by atoms with Crippen LogP contribution in [0, 0.1) is 23.2 Å². The fourth-order valence-corrected chi connectivity index (χ4v) is 3.25. The van der Waals surface area contributed by atoms with Crippen molar-refractivity contribution in [3.05, 3.63) is 33.8 Å². The number of halogens is 2. The number of carbonyl (C=O) groups is 1. The largest absolute Gasteiger partial charge is 0.375 e. The van der Waals surface area contributed by atoms with E-state index in [1.54, 1.807) is 18.2 Å². The molecule has 0 aromatic heterocycles. The molecule has 1 heterocycles. The van der Waals surface area contributed by atoms with Crippen molar-refractivity contribution in [1.29, 1.82) is 5.26 Å². The Bertz CT molecular complexity index is 596. The number of ether oxygens (including phenoxy) is 1. The van der Waals surface area contributed by atoms with Crippen molar-refractivity contribution in [2.24, 2.45) is 11.8 Å². The molecule has 0 radical (unpaired) electrons. The van der Waals surface area contributed by atoms with Crippen molar-refractivity contribution in [3.63, 3.8) is 0 Å². The summed E-state index contributed by atoms with van der Waals surface area (Å²) in [6.07, 6.45) is -0.164. The molecule has 112 valence electrons. The highest BCUT2D eigenvalue weighted by molar-refractivity contribution is 6.42. The molecule has 0 amide bonds. The molecular formula is C16H17Cl2NO2. The van der Waals surface area contributed by atoms with Crippen molar-refractivity contribution < 1.29 is 9.53 Å². The fourth-order valence-electron chi connectivity index (χ4n) is 2.94. The van der Waals surface area contributed by atoms with Gasteiger partial charge in [-0.2, -0.15) is 5.26 Å². The van der Waals surface area contributed by atoms with Crippen LogP contribution in [-0.4, -0.2) is 18.0 Å². The Balaban J connectivity index is 2.31. The zero-order valence-electron chi connectivity index (χ0n) is 12.1. The summed E-state index contributed by atoms with van der Waals surface area (Å²) in [7, 11) is 0. The Morgan fingerprint density at radius 3 is 2.38 bits per heavy atom. The second kappa shape index (κ2) is 6.36. The van der Waals surface area contributed by atoms with Gasteiger partial charge in [-0.1, -0.05) is 36.2 Å². The quantitative estimate of drug-likeness (QED) is 0.835. The summed E-state index contributed by atoms with van der Waals surface area (Å²) in [5, 5.41) is 10.2. The molecule has 5 heteroatoms. The first-order valence-corrected chi connectivity index (χ1v) is 7.66. The summed E-state index contributed by atoms with van der Waals surface area (Å²) >= 11 is 11.9. The number of rotatable bonds is 3. The van der Waals surface area contributed by atoms with Gasteiger partial charge >= 0.3 is 0 Å². The molecule has 0 N–H and O–H groups in total. The summed E-state index contributed by atoms with van der Waals surface area (Å²) in [6, 6.07) is 6.96. The van der Waals surface area contributed by atoms with Gasteiger partial charge in [-0.05, 0) is 37.5 Å². The van der Waals surface area contributed by atoms with E-state index in [2.05, 4.69) is 6.07 Å². The molecule has 1 fully saturated rings. The molecule has 1 saturated heterocycles. The van der Waals surface area contributed by atoms with E-state index in [4.69, 9.17) is 27.9 Å². The fraction of sp³-hybridized carbons (Fsp3) is 0.500. The third-order valence-electron chi connectivity index (χ3n) is 4.26. The lowest BCUT2D eigenvalue weighted by molar-refractivity contribution is -0.125. The van der Waals surface area contributed by atoms with Gasteiger partial charge in [0.05, 0.1) is 34.2 Å². The highest BCUT2D eigenvalue weighted by atomic mass is 35.5. The molecule has 1 aromatic rings. The van der Waals surface area contributed by atoms with Crippen LogP contribution in [0.5, 0.6) is 0 Å². The molecule has 0 bridgehead atoms. The lowest BCUT2D eigenvalue weighted by atomic mass is 9.79. The molecule has 2 rings (SSSR count). The van der Waals surface area contributed by atoms with E-state index in [0.717, 1.165) is 0 Å². The van der Waals surface area contributed by atoms with Crippen LogP contribution in [-0.2, 0) is 9.53 Å². The first-order chi connectivity index (χ1) is 9.86.